The SMILES string of the molecule is CN(C)C1(C(=O)C2CCCC2)CCCC1. The second kappa shape index (κ2) is 4.25. The fourth-order valence-corrected chi connectivity index (χ4v) is 3.44. The summed E-state index contributed by atoms with van der Waals surface area (Å²) in [5, 5.41) is 0. The molecule has 15 heavy (non-hydrogen) atoms. The molecule has 0 saturated heterocycles. The highest BCUT2D eigenvalue weighted by Gasteiger charge is 2.45. The zero-order chi connectivity index (χ0) is 10.9. The van der Waals surface area contributed by atoms with Gasteiger partial charge in [0.05, 0.1) is 5.54 Å². The van der Waals surface area contributed by atoms with Crippen molar-refractivity contribution in [3.05, 3.63) is 0 Å². The van der Waals surface area contributed by atoms with E-state index < -0.39 is 0 Å². The molecule has 2 heteroatoms. The van der Waals surface area contributed by atoms with Crippen molar-refractivity contribution in [1.82, 2.24) is 4.90 Å². The fourth-order valence-electron chi connectivity index (χ4n) is 3.44. The van der Waals surface area contributed by atoms with Crippen molar-refractivity contribution >= 4 is 5.78 Å². The number of hydrogen-bond acceptors (Lipinski definition) is 2. The van der Waals surface area contributed by atoms with Gasteiger partial charge in [-0.05, 0) is 39.8 Å². The lowest BCUT2D eigenvalue weighted by molar-refractivity contribution is -0.133. The third-order valence-electron chi connectivity index (χ3n) is 4.47. The number of Topliss-reactive ketones (excluding diaryl/α,β-unsaturated/α-hetero) is 1. The zero-order valence-electron chi connectivity index (χ0n) is 10.1. The van der Waals surface area contributed by atoms with Crippen LogP contribution in [0.2, 0.25) is 0 Å². The molecule has 0 bridgehead atoms. The van der Waals surface area contributed by atoms with Gasteiger partial charge in [0, 0.05) is 5.92 Å². The Balaban J connectivity index is 2.13. The Hall–Kier alpha value is -0.370. The maximum absolute atomic E-state index is 12.6. The molecule has 0 amide bonds. The predicted octanol–water partition coefficient (Wildman–Crippen LogP) is 2.62. The Kier molecular flexibility index (Phi) is 3.15. The van der Waals surface area contributed by atoms with Gasteiger partial charge in [0.25, 0.3) is 0 Å². The normalized spacial score (nSPS) is 26.3. The van der Waals surface area contributed by atoms with E-state index in [0.717, 1.165) is 25.7 Å². The minimum Gasteiger partial charge on any atom is -0.297 e. The van der Waals surface area contributed by atoms with E-state index in [-0.39, 0.29) is 5.54 Å². The third-order valence-corrected chi connectivity index (χ3v) is 4.47. The average molecular weight is 209 g/mol. The molecule has 0 spiro atoms. The van der Waals surface area contributed by atoms with Crippen molar-refractivity contribution < 1.29 is 4.79 Å². The smallest absolute Gasteiger partial charge is 0.156 e. The van der Waals surface area contributed by atoms with Gasteiger partial charge in [0.15, 0.2) is 5.78 Å². The number of ketones is 1. The molecule has 0 aromatic carbocycles. The van der Waals surface area contributed by atoms with Crippen molar-refractivity contribution in [2.24, 2.45) is 5.92 Å². The Bertz CT molecular complexity index is 235. The molecule has 0 unspecified atom stereocenters. The van der Waals surface area contributed by atoms with Crippen LogP contribution in [-0.4, -0.2) is 30.3 Å². The highest BCUT2D eigenvalue weighted by molar-refractivity contribution is 5.91. The molecule has 0 atom stereocenters. The summed E-state index contributed by atoms with van der Waals surface area (Å²) in [5.41, 5.74) is -0.0883. The number of hydrogen-bond donors (Lipinski definition) is 0. The molecule has 0 aromatic rings. The predicted molar refractivity (Wildman–Crippen MR) is 61.9 cm³/mol. The first-order chi connectivity index (χ1) is 7.17. The second-order valence-corrected chi connectivity index (χ2v) is 5.48. The quantitative estimate of drug-likeness (QED) is 0.712. The Morgan fingerprint density at radius 2 is 1.60 bits per heavy atom. The largest absolute Gasteiger partial charge is 0.297 e. The Morgan fingerprint density at radius 1 is 1.07 bits per heavy atom. The van der Waals surface area contributed by atoms with Gasteiger partial charge in [-0.1, -0.05) is 25.7 Å². The van der Waals surface area contributed by atoms with E-state index in [1.807, 2.05) is 0 Å². The number of rotatable bonds is 3. The van der Waals surface area contributed by atoms with E-state index in [9.17, 15) is 4.79 Å². The van der Waals surface area contributed by atoms with E-state index in [4.69, 9.17) is 0 Å². The van der Waals surface area contributed by atoms with Crippen molar-refractivity contribution in [2.45, 2.75) is 56.9 Å². The minimum atomic E-state index is -0.0883. The lowest BCUT2D eigenvalue weighted by Gasteiger charge is -2.36. The summed E-state index contributed by atoms with van der Waals surface area (Å²) in [4.78, 5) is 14.8. The first-order valence-corrected chi connectivity index (χ1v) is 6.38. The van der Waals surface area contributed by atoms with Crippen molar-refractivity contribution in [1.29, 1.82) is 0 Å². The lowest BCUT2D eigenvalue weighted by atomic mass is 9.82. The summed E-state index contributed by atoms with van der Waals surface area (Å²) >= 11 is 0. The summed E-state index contributed by atoms with van der Waals surface area (Å²) in [6.45, 7) is 0. The highest BCUT2D eigenvalue weighted by atomic mass is 16.1. The van der Waals surface area contributed by atoms with Crippen LogP contribution >= 0.6 is 0 Å². The molecule has 0 aliphatic heterocycles. The molecule has 2 nitrogen and oxygen atoms in total. The molecule has 2 fully saturated rings. The van der Waals surface area contributed by atoms with Gasteiger partial charge in [-0.3, -0.25) is 9.69 Å². The molecular formula is C13H23NO. The third kappa shape index (κ3) is 1.84. The summed E-state index contributed by atoms with van der Waals surface area (Å²) in [5.74, 6) is 0.938. The second-order valence-electron chi connectivity index (χ2n) is 5.48. The van der Waals surface area contributed by atoms with E-state index in [1.165, 1.54) is 25.7 Å². The van der Waals surface area contributed by atoms with Crippen LogP contribution in [0.25, 0.3) is 0 Å². The monoisotopic (exact) mass is 209 g/mol. The van der Waals surface area contributed by atoms with Crippen LogP contribution in [0.3, 0.4) is 0 Å². The molecule has 0 heterocycles. The number of likely N-dealkylation sites (N-methyl/N-ethyl adjacent to an activating group) is 1. The van der Waals surface area contributed by atoms with Crippen LogP contribution in [0.5, 0.6) is 0 Å². The van der Waals surface area contributed by atoms with Crippen LogP contribution < -0.4 is 0 Å². The molecule has 0 aromatic heterocycles. The lowest BCUT2D eigenvalue weighted by Crippen LogP contribution is -2.51. The number of nitrogens with zero attached hydrogens (tertiary/aromatic N) is 1. The summed E-state index contributed by atoms with van der Waals surface area (Å²) in [6, 6.07) is 0. The molecule has 0 N–H and O–H groups in total. The maximum atomic E-state index is 12.6. The molecular weight excluding hydrogens is 186 g/mol. The van der Waals surface area contributed by atoms with E-state index in [1.54, 1.807) is 0 Å². The van der Waals surface area contributed by atoms with E-state index in [0.29, 0.717) is 11.7 Å². The van der Waals surface area contributed by atoms with Gasteiger partial charge in [-0.15, -0.1) is 0 Å². The highest BCUT2D eigenvalue weighted by Crippen LogP contribution is 2.40. The van der Waals surface area contributed by atoms with Crippen LogP contribution in [0.1, 0.15) is 51.4 Å². The van der Waals surface area contributed by atoms with Crippen LogP contribution in [0.15, 0.2) is 0 Å². The van der Waals surface area contributed by atoms with Gasteiger partial charge in [-0.2, -0.15) is 0 Å². The standard InChI is InChI=1S/C13H23NO/c1-14(2)13(9-5-6-10-13)12(15)11-7-3-4-8-11/h11H,3-10H2,1-2H3. The van der Waals surface area contributed by atoms with Crippen LogP contribution in [-0.2, 0) is 4.79 Å². The van der Waals surface area contributed by atoms with E-state index >= 15 is 0 Å². The van der Waals surface area contributed by atoms with Gasteiger partial charge in [0.2, 0.25) is 0 Å². The Labute approximate surface area is 93.0 Å². The first-order valence-electron chi connectivity index (χ1n) is 6.38. The molecule has 2 rings (SSSR count). The summed E-state index contributed by atoms with van der Waals surface area (Å²) in [7, 11) is 4.16. The summed E-state index contributed by atoms with van der Waals surface area (Å²) < 4.78 is 0. The maximum Gasteiger partial charge on any atom is 0.156 e. The first kappa shape index (κ1) is 11.1. The Morgan fingerprint density at radius 3 is 2.07 bits per heavy atom. The molecule has 2 saturated carbocycles. The molecule has 2 aliphatic rings. The van der Waals surface area contributed by atoms with Gasteiger partial charge >= 0.3 is 0 Å². The van der Waals surface area contributed by atoms with Gasteiger partial charge < -0.3 is 0 Å². The molecule has 2 aliphatic carbocycles. The minimum absolute atomic E-state index is 0.0883. The van der Waals surface area contributed by atoms with Gasteiger partial charge in [0.1, 0.15) is 0 Å². The van der Waals surface area contributed by atoms with Crippen LogP contribution in [0.4, 0.5) is 0 Å². The zero-order valence-corrected chi connectivity index (χ0v) is 10.1. The molecule has 0 radical (unpaired) electrons. The number of carbonyl (C=O) groups excluding carboxylic acids is 1. The van der Waals surface area contributed by atoms with Crippen molar-refractivity contribution in [3.63, 3.8) is 0 Å². The summed E-state index contributed by atoms with van der Waals surface area (Å²) in [6.07, 6.45) is 9.47. The van der Waals surface area contributed by atoms with Crippen molar-refractivity contribution in [2.75, 3.05) is 14.1 Å². The van der Waals surface area contributed by atoms with E-state index in [2.05, 4.69) is 19.0 Å². The van der Waals surface area contributed by atoms with Gasteiger partial charge in [-0.25, -0.2) is 0 Å². The topological polar surface area (TPSA) is 20.3 Å². The molecule has 86 valence electrons. The van der Waals surface area contributed by atoms with Crippen molar-refractivity contribution in [3.8, 4) is 0 Å². The number of carbonyl (C=O) groups is 1. The average Bonchev–Trinajstić information content (AvgIpc) is 2.89. The fraction of sp³-hybridized carbons (Fsp3) is 0.923. The van der Waals surface area contributed by atoms with Crippen LogP contribution in [0, 0.1) is 5.92 Å².